The van der Waals surface area contributed by atoms with E-state index in [1.54, 1.807) is 4.70 Å². The molecule has 3 aliphatic heterocycles. The molecule has 0 aromatic heterocycles. The number of hydrogen-bond donors (Lipinski definition) is 3. The Labute approximate surface area is 196 Å². The highest BCUT2D eigenvalue weighted by atomic mass is 16.7. The highest BCUT2D eigenvalue weighted by Crippen LogP contribution is 2.46. The lowest BCUT2D eigenvalue weighted by Crippen LogP contribution is -2.47. The first-order valence-electron chi connectivity index (χ1n) is 11.2. The predicted octanol–water partition coefficient (Wildman–Crippen LogP) is 4.47. The first-order chi connectivity index (χ1) is 16.5. The van der Waals surface area contributed by atoms with Gasteiger partial charge < -0.3 is 20.6 Å². The number of rotatable bonds is 2. The van der Waals surface area contributed by atoms with Crippen LogP contribution in [0, 0.1) is 13.8 Å². The number of anilines is 2. The number of aliphatic hydroxyl groups excluding tert-OH is 1. The quantitative estimate of drug-likeness (QED) is 0.498. The second kappa shape index (κ2) is 7.50. The molecule has 3 aromatic carbocycles. The van der Waals surface area contributed by atoms with Crippen molar-refractivity contribution in [3.8, 4) is 0 Å². The van der Waals surface area contributed by atoms with E-state index in [0.29, 0.717) is 11.4 Å². The van der Waals surface area contributed by atoms with E-state index in [1.807, 2.05) is 80.6 Å². The minimum atomic E-state index is -1.23. The van der Waals surface area contributed by atoms with Crippen LogP contribution in [0.2, 0.25) is 0 Å². The summed E-state index contributed by atoms with van der Waals surface area (Å²) in [6, 6.07) is 20.5. The van der Waals surface area contributed by atoms with Crippen LogP contribution < -0.4 is 10.6 Å². The van der Waals surface area contributed by atoms with Crippen molar-refractivity contribution in [1.29, 1.82) is 0 Å². The van der Waals surface area contributed by atoms with Gasteiger partial charge in [0.15, 0.2) is 10.8 Å². The van der Waals surface area contributed by atoms with Crippen LogP contribution in [-0.2, 0) is 15.2 Å². The van der Waals surface area contributed by atoms with Gasteiger partial charge in [0.2, 0.25) is 5.69 Å². The lowest BCUT2D eigenvalue weighted by molar-refractivity contribution is -0.529. The Kier molecular flexibility index (Phi) is 4.53. The number of carbonyl (C=O) groups is 1. The maximum absolute atomic E-state index is 13.5. The molecule has 0 saturated heterocycles. The number of nitrogens with one attached hydrogen (secondary N) is 2. The maximum atomic E-state index is 13.5. The monoisotopic (exact) mass is 454 g/mol. The predicted molar refractivity (Wildman–Crippen MR) is 128 cm³/mol. The van der Waals surface area contributed by atoms with Gasteiger partial charge in [-0.15, -0.1) is 0 Å². The van der Waals surface area contributed by atoms with Crippen LogP contribution in [0.1, 0.15) is 23.1 Å². The van der Waals surface area contributed by atoms with Crippen LogP contribution in [-0.4, -0.2) is 33.8 Å². The molecule has 3 N–H and O–H groups in total. The van der Waals surface area contributed by atoms with Gasteiger partial charge in [-0.2, -0.15) is 0 Å². The average Bonchev–Trinajstić information content (AvgIpc) is 3.27. The summed E-state index contributed by atoms with van der Waals surface area (Å²) in [4.78, 5) is 23.8. The van der Waals surface area contributed by atoms with Crippen molar-refractivity contribution >= 4 is 34.4 Å². The van der Waals surface area contributed by atoms with Crippen LogP contribution >= 0.6 is 0 Å². The van der Waals surface area contributed by atoms with E-state index in [4.69, 9.17) is 9.83 Å². The van der Waals surface area contributed by atoms with Crippen LogP contribution in [0.3, 0.4) is 0 Å². The third-order valence-electron chi connectivity index (χ3n) is 6.86. The molecule has 3 unspecified atom stereocenters. The summed E-state index contributed by atoms with van der Waals surface area (Å²) in [5.74, 6) is -0.166. The normalized spacial score (nSPS) is 24.9. The second-order valence-electron chi connectivity index (χ2n) is 8.96. The molecule has 1 spiro atoms. The zero-order valence-corrected chi connectivity index (χ0v) is 18.8. The fraction of sp³-hybridized carbons (Fsp3) is 0.231. The van der Waals surface area contributed by atoms with E-state index in [0.717, 1.165) is 33.8 Å². The Morgan fingerprint density at radius 2 is 1.79 bits per heavy atom. The summed E-state index contributed by atoms with van der Waals surface area (Å²) in [5, 5.41) is 21.5. The number of aliphatic hydroxyl groups is 1. The Balaban J connectivity index is 1.51. The van der Waals surface area contributed by atoms with Gasteiger partial charge in [-0.05, 0) is 47.9 Å². The molecule has 6 rings (SSSR count). The third-order valence-corrected chi connectivity index (χ3v) is 6.86. The Hall–Kier alpha value is -4.04. The molecular weight excluding hydrogens is 430 g/mol. The number of hydrogen-bond acceptors (Lipinski definition) is 6. The molecule has 1 amide bonds. The molecule has 8 heteroatoms. The lowest BCUT2D eigenvalue weighted by atomic mass is 9.84. The minimum Gasteiger partial charge on any atom is -0.365 e. The number of aliphatic imine (C=N–C) groups is 1. The van der Waals surface area contributed by atoms with Crippen LogP contribution in [0.4, 0.5) is 22.7 Å². The van der Waals surface area contributed by atoms with Crippen LogP contribution in [0.5, 0.6) is 0 Å². The molecule has 0 radical (unpaired) electrons. The van der Waals surface area contributed by atoms with E-state index < -0.39 is 17.9 Å². The van der Waals surface area contributed by atoms with E-state index >= 15 is 0 Å². The minimum absolute atomic E-state index is 0.166. The third kappa shape index (κ3) is 3.03. The number of benzene rings is 3. The molecule has 3 aromatic rings. The number of aryl methyl sites for hydroxylation is 2. The standard InChI is InChI=1S/C26H23N5O3/c1-15-11-12-17(13-16(15)2)31-23(24(32)34-30-31)22-14-26(29-21-10-6-5-9-20(21)27-22)18-7-3-4-8-19(18)28-25(26)33/h3-13,23-24,29,32H,14H2,1-2H3/p+1. The van der Waals surface area contributed by atoms with Gasteiger partial charge in [0, 0.05) is 29.8 Å². The molecule has 3 aliphatic rings. The largest absolute Gasteiger partial charge is 0.365 e. The fourth-order valence-corrected chi connectivity index (χ4v) is 4.91. The fourth-order valence-electron chi connectivity index (χ4n) is 4.91. The lowest BCUT2D eigenvalue weighted by Gasteiger charge is -2.29. The summed E-state index contributed by atoms with van der Waals surface area (Å²) >= 11 is 0. The van der Waals surface area contributed by atoms with Crippen LogP contribution in [0.15, 0.2) is 77.0 Å². The van der Waals surface area contributed by atoms with Crippen LogP contribution in [0.25, 0.3) is 0 Å². The van der Waals surface area contributed by atoms with Gasteiger partial charge in [-0.1, -0.05) is 36.4 Å². The highest BCUT2D eigenvalue weighted by molar-refractivity contribution is 6.12. The van der Waals surface area contributed by atoms with E-state index in [1.165, 1.54) is 0 Å². The Morgan fingerprint density at radius 3 is 2.62 bits per heavy atom. The molecule has 34 heavy (non-hydrogen) atoms. The molecule has 0 fully saturated rings. The zero-order chi connectivity index (χ0) is 23.4. The van der Waals surface area contributed by atoms with Gasteiger partial charge in [0.05, 0.1) is 17.1 Å². The maximum Gasteiger partial charge on any atom is 0.301 e. The first kappa shape index (κ1) is 20.6. The van der Waals surface area contributed by atoms with Gasteiger partial charge in [0.1, 0.15) is 0 Å². The SMILES string of the molecule is Cc1ccc([N+]2=NOC(O)C2C2=Nc3ccccc3NC3(C2)C(=O)Nc2ccccc23)cc1C. The van der Waals surface area contributed by atoms with Gasteiger partial charge in [-0.3, -0.25) is 4.79 Å². The van der Waals surface area contributed by atoms with E-state index in [2.05, 4.69) is 15.9 Å². The summed E-state index contributed by atoms with van der Waals surface area (Å²) in [7, 11) is 0. The molecule has 0 bridgehead atoms. The van der Waals surface area contributed by atoms with Crippen molar-refractivity contribution in [3.05, 3.63) is 83.4 Å². The summed E-state index contributed by atoms with van der Waals surface area (Å²) in [5.41, 5.74) is 5.58. The van der Waals surface area contributed by atoms with Crippen molar-refractivity contribution in [1.82, 2.24) is 0 Å². The molecule has 0 aliphatic carbocycles. The van der Waals surface area contributed by atoms with Crippen molar-refractivity contribution in [2.75, 3.05) is 10.6 Å². The van der Waals surface area contributed by atoms with Crippen molar-refractivity contribution in [2.24, 2.45) is 10.3 Å². The molecule has 0 saturated carbocycles. The summed E-state index contributed by atoms with van der Waals surface area (Å²) < 4.78 is 1.65. The molecule has 3 atom stereocenters. The number of fused-ring (bicyclic) bond motifs is 3. The average molecular weight is 455 g/mol. The number of carbonyl (C=O) groups excluding carboxylic acids is 1. The zero-order valence-electron chi connectivity index (χ0n) is 18.8. The number of nitrogens with zero attached hydrogens (tertiary/aromatic N) is 3. The summed E-state index contributed by atoms with van der Waals surface area (Å²) in [6.07, 6.45) is -1.01. The van der Waals surface area contributed by atoms with Crippen molar-refractivity contribution in [2.45, 2.75) is 38.1 Å². The summed E-state index contributed by atoms with van der Waals surface area (Å²) in [6.45, 7) is 4.07. The number of amides is 1. The molecular formula is C26H24N5O3+. The smallest absolute Gasteiger partial charge is 0.301 e. The molecule has 170 valence electrons. The molecule has 3 heterocycles. The van der Waals surface area contributed by atoms with Crippen molar-refractivity contribution < 1.29 is 19.4 Å². The van der Waals surface area contributed by atoms with E-state index in [-0.39, 0.29) is 12.3 Å². The molecule has 8 nitrogen and oxygen atoms in total. The second-order valence-corrected chi connectivity index (χ2v) is 8.96. The highest BCUT2D eigenvalue weighted by Gasteiger charge is 2.54. The Bertz CT molecular complexity index is 1400. The van der Waals surface area contributed by atoms with Gasteiger partial charge in [0.25, 0.3) is 11.9 Å². The van der Waals surface area contributed by atoms with Crippen molar-refractivity contribution in [3.63, 3.8) is 0 Å². The van der Waals surface area contributed by atoms with E-state index in [9.17, 15) is 9.90 Å². The topological polar surface area (TPSA) is 98.3 Å². The number of para-hydroxylation sites is 3. The van der Waals surface area contributed by atoms with Gasteiger partial charge in [-0.25, -0.2) is 4.99 Å². The van der Waals surface area contributed by atoms with Gasteiger partial charge >= 0.3 is 6.29 Å². The first-order valence-corrected chi connectivity index (χ1v) is 11.2. The Morgan fingerprint density at radius 1 is 1.03 bits per heavy atom.